The van der Waals surface area contributed by atoms with Crippen LogP contribution in [-0.2, 0) is 16.0 Å². The molecule has 0 aliphatic carbocycles. The van der Waals surface area contributed by atoms with Gasteiger partial charge in [0.25, 0.3) is 0 Å². The molecule has 0 unspecified atom stereocenters. The Morgan fingerprint density at radius 3 is 2.45 bits per heavy atom. The van der Waals surface area contributed by atoms with Crippen molar-refractivity contribution in [1.82, 2.24) is 10.6 Å². The third kappa shape index (κ3) is 8.73. The van der Waals surface area contributed by atoms with Gasteiger partial charge in [-0.2, -0.15) is 0 Å². The van der Waals surface area contributed by atoms with E-state index in [2.05, 4.69) is 16.4 Å². The topological polar surface area (TPSA) is 104 Å². The van der Waals surface area contributed by atoms with Crippen molar-refractivity contribution in [3.63, 3.8) is 0 Å². The number of carbonyl (C=O) groups is 2. The van der Waals surface area contributed by atoms with Gasteiger partial charge in [-0.1, -0.05) is 26.3 Å². The molecule has 0 radical (unpaired) electrons. The number of hydrogen-bond donors (Lipinski definition) is 3. The molecule has 7 nitrogen and oxygen atoms in total. The first-order valence-electron chi connectivity index (χ1n) is 10.5. The molecule has 0 heterocycles. The molecule has 0 aromatic heterocycles. The van der Waals surface area contributed by atoms with Crippen LogP contribution < -0.4 is 25.8 Å². The largest absolute Gasteiger partial charge is 0.493 e. The number of methoxy groups -OCH3 is 2. The van der Waals surface area contributed by atoms with E-state index in [-0.39, 0.29) is 17.7 Å². The maximum Gasteiger partial charge on any atom is 0.242 e. The van der Waals surface area contributed by atoms with Crippen LogP contribution >= 0.6 is 0 Å². The average Bonchev–Trinajstić information content (AvgIpc) is 2.74. The van der Waals surface area contributed by atoms with Gasteiger partial charge >= 0.3 is 0 Å². The highest BCUT2D eigenvalue weighted by atomic mass is 16.5. The second-order valence-electron chi connectivity index (χ2n) is 7.33. The molecule has 0 fully saturated rings. The van der Waals surface area contributed by atoms with Crippen molar-refractivity contribution >= 4 is 11.8 Å². The van der Waals surface area contributed by atoms with Crippen LogP contribution in [0.25, 0.3) is 0 Å². The van der Waals surface area contributed by atoms with Crippen LogP contribution in [0, 0.1) is 5.92 Å². The minimum atomic E-state index is -0.509. The summed E-state index contributed by atoms with van der Waals surface area (Å²) in [6, 6.07) is 5.20. The first-order chi connectivity index (χ1) is 14.0. The van der Waals surface area contributed by atoms with E-state index < -0.39 is 6.04 Å². The molecule has 7 heteroatoms. The highest BCUT2D eigenvalue weighted by molar-refractivity contribution is 5.87. The smallest absolute Gasteiger partial charge is 0.242 e. The molecule has 0 spiro atoms. The fourth-order valence-electron chi connectivity index (χ4n) is 3.06. The maximum absolute atomic E-state index is 12.7. The second-order valence-corrected chi connectivity index (χ2v) is 7.33. The highest BCUT2D eigenvalue weighted by Crippen LogP contribution is 2.27. The van der Waals surface area contributed by atoms with Gasteiger partial charge in [0.15, 0.2) is 11.5 Å². The number of nitrogens with one attached hydrogen (secondary N) is 2. The van der Waals surface area contributed by atoms with Gasteiger partial charge in [-0.05, 0) is 49.3 Å². The fraction of sp³-hybridized carbons (Fsp3) is 0.636. The molecule has 1 aromatic carbocycles. The first-order valence-corrected chi connectivity index (χ1v) is 10.5. The zero-order valence-corrected chi connectivity index (χ0v) is 18.4. The highest BCUT2D eigenvalue weighted by Gasteiger charge is 2.25. The summed E-state index contributed by atoms with van der Waals surface area (Å²) in [4.78, 5) is 24.9. The molecule has 0 saturated carbocycles. The van der Waals surface area contributed by atoms with Crippen molar-refractivity contribution in [3.8, 4) is 11.5 Å². The van der Waals surface area contributed by atoms with Crippen LogP contribution in [0.4, 0.5) is 0 Å². The molecule has 1 aromatic rings. The second kappa shape index (κ2) is 13.8. The Labute approximate surface area is 174 Å². The number of rotatable bonds is 14. The number of unbranched alkanes of at least 4 members (excludes halogenated alkanes) is 2. The molecular weight excluding hydrogens is 370 g/mol. The van der Waals surface area contributed by atoms with E-state index >= 15 is 0 Å². The number of amides is 2. The molecule has 1 rings (SSSR count). The van der Waals surface area contributed by atoms with E-state index in [1.54, 1.807) is 14.2 Å². The summed E-state index contributed by atoms with van der Waals surface area (Å²) < 4.78 is 10.6. The lowest BCUT2D eigenvalue weighted by molar-refractivity contribution is -0.368. The third-order valence-electron chi connectivity index (χ3n) is 5.13. The number of ether oxygens (including phenoxy) is 2. The van der Waals surface area contributed by atoms with Crippen molar-refractivity contribution in [1.29, 1.82) is 0 Å². The molecular formula is C22H38N3O4+. The Kier molecular flexibility index (Phi) is 11.8. The van der Waals surface area contributed by atoms with Gasteiger partial charge in [0.1, 0.15) is 6.04 Å². The van der Waals surface area contributed by atoms with Crippen LogP contribution in [0.1, 0.15) is 51.5 Å². The van der Waals surface area contributed by atoms with Crippen LogP contribution in [0.15, 0.2) is 18.2 Å². The standard InChI is InChI=1S/C22H37N3O4/c1-5-16(2)21(25-20(26)9-7-6-8-13-23)22(27)24-14-12-17-10-11-18(28-3)19(15-17)29-4/h10-11,15-16,21H,5-9,12-14,23H2,1-4H3,(H,24,27)(H,25,26)/p+1/t16-,21+/m0/s1. The van der Waals surface area contributed by atoms with E-state index in [0.717, 1.165) is 37.8 Å². The van der Waals surface area contributed by atoms with Gasteiger partial charge in [0.2, 0.25) is 11.8 Å². The monoisotopic (exact) mass is 408 g/mol. The quantitative estimate of drug-likeness (QED) is 0.408. The lowest BCUT2D eigenvalue weighted by Gasteiger charge is -2.23. The van der Waals surface area contributed by atoms with Crippen molar-refractivity contribution in [2.24, 2.45) is 5.92 Å². The predicted octanol–water partition coefficient (Wildman–Crippen LogP) is 1.70. The Hall–Kier alpha value is -2.28. The molecule has 0 aliphatic rings. The zero-order valence-electron chi connectivity index (χ0n) is 18.4. The minimum absolute atomic E-state index is 0.0607. The van der Waals surface area contributed by atoms with Gasteiger partial charge in [-0.25, -0.2) is 0 Å². The molecule has 5 N–H and O–H groups in total. The zero-order chi connectivity index (χ0) is 21.6. The van der Waals surface area contributed by atoms with Crippen molar-refractivity contribution in [2.75, 3.05) is 27.3 Å². The van der Waals surface area contributed by atoms with E-state index in [1.165, 1.54) is 0 Å². The first kappa shape index (κ1) is 24.8. The number of benzene rings is 1. The van der Waals surface area contributed by atoms with E-state index in [9.17, 15) is 9.59 Å². The Bertz CT molecular complexity index is 636. The van der Waals surface area contributed by atoms with E-state index in [1.807, 2.05) is 32.0 Å². The average molecular weight is 409 g/mol. The number of hydrogen-bond acceptors (Lipinski definition) is 4. The van der Waals surface area contributed by atoms with Crippen molar-refractivity contribution in [2.45, 2.75) is 58.4 Å². The number of carbonyl (C=O) groups excluding carboxylic acids is 2. The SMILES string of the molecule is CC[C@H](C)[C@@H](NC(=O)CCCCC[NH3+])C(=O)NCCc1ccc(OC)c(OC)c1. The number of quaternary nitrogens is 1. The van der Waals surface area contributed by atoms with E-state index in [4.69, 9.17) is 9.47 Å². The summed E-state index contributed by atoms with van der Waals surface area (Å²) in [5.74, 6) is 1.22. The summed E-state index contributed by atoms with van der Waals surface area (Å²) in [6.07, 6.45) is 4.77. The maximum atomic E-state index is 12.7. The van der Waals surface area contributed by atoms with Crippen molar-refractivity contribution in [3.05, 3.63) is 23.8 Å². The van der Waals surface area contributed by atoms with Crippen molar-refractivity contribution < 1.29 is 24.8 Å². The predicted molar refractivity (Wildman–Crippen MR) is 114 cm³/mol. The molecule has 2 atom stereocenters. The Balaban J connectivity index is 2.57. The van der Waals surface area contributed by atoms with Gasteiger partial charge < -0.3 is 25.8 Å². The van der Waals surface area contributed by atoms with Crippen LogP contribution in [0.2, 0.25) is 0 Å². The summed E-state index contributed by atoms with van der Waals surface area (Å²) >= 11 is 0. The normalized spacial score (nSPS) is 12.7. The van der Waals surface area contributed by atoms with Crippen LogP contribution in [0.5, 0.6) is 11.5 Å². The third-order valence-corrected chi connectivity index (χ3v) is 5.13. The molecule has 0 saturated heterocycles. The van der Waals surface area contributed by atoms with Crippen LogP contribution in [0.3, 0.4) is 0 Å². The fourth-order valence-corrected chi connectivity index (χ4v) is 3.06. The molecule has 0 bridgehead atoms. The summed E-state index contributed by atoms with van der Waals surface area (Å²) in [6.45, 7) is 5.39. The van der Waals surface area contributed by atoms with Gasteiger partial charge in [0, 0.05) is 13.0 Å². The molecule has 2 amide bonds. The minimum Gasteiger partial charge on any atom is -0.493 e. The molecule has 164 valence electrons. The van der Waals surface area contributed by atoms with Crippen LogP contribution in [-0.4, -0.2) is 45.2 Å². The Morgan fingerprint density at radius 1 is 1.10 bits per heavy atom. The lowest BCUT2D eigenvalue weighted by atomic mass is 9.98. The molecule has 29 heavy (non-hydrogen) atoms. The van der Waals surface area contributed by atoms with Gasteiger partial charge in [-0.15, -0.1) is 0 Å². The summed E-state index contributed by atoms with van der Waals surface area (Å²) in [5, 5.41) is 5.88. The molecule has 0 aliphatic heterocycles. The lowest BCUT2D eigenvalue weighted by Crippen LogP contribution is -2.50. The van der Waals surface area contributed by atoms with E-state index in [0.29, 0.717) is 30.9 Å². The van der Waals surface area contributed by atoms with Gasteiger partial charge in [0.05, 0.1) is 20.8 Å². The summed E-state index contributed by atoms with van der Waals surface area (Å²) in [5.41, 5.74) is 4.85. The Morgan fingerprint density at radius 2 is 1.83 bits per heavy atom. The summed E-state index contributed by atoms with van der Waals surface area (Å²) in [7, 11) is 3.20. The van der Waals surface area contributed by atoms with Gasteiger partial charge in [-0.3, -0.25) is 9.59 Å².